The number of hydrogen-bond acceptors (Lipinski definition) is 4. The van der Waals surface area contributed by atoms with E-state index < -0.39 is 29.8 Å². The smallest absolute Gasteiger partial charge is 0.307 e. The molecule has 0 atom stereocenters. The fourth-order valence-electron chi connectivity index (χ4n) is 2.39. The molecule has 0 saturated carbocycles. The second kappa shape index (κ2) is 7.98. The minimum absolute atomic E-state index is 0.0126. The third kappa shape index (κ3) is 4.40. The van der Waals surface area contributed by atoms with Crippen LogP contribution in [0.2, 0.25) is 5.02 Å². The van der Waals surface area contributed by atoms with Crippen molar-refractivity contribution >= 4 is 29.1 Å². The molecule has 0 radical (unpaired) electrons. The van der Waals surface area contributed by atoms with Crippen LogP contribution in [0, 0.1) is 17.5 Å². The highest BCUT2D eigenvalue weighted by molar-refractivity contribution is 7.04. The molecule has 3 aromatic rings. The number of carboxylic acids is 1. The fraction of sp³-hybridized carbons (Fsp3) is 0.111. The first-order valence-corrected chi connectivity index (χ1v) is 8.77. The van der Waals surface area contributed by atoms with E-state index in [0.717, 1.165) is 29.7 Å². The standard InChI is InChI=1S/C18H11ClF3NO3S/c19-11-2-1-9(14(20)5-11)7-26-18-13(8-27-23-18)12-6-15(21)10(3-16(12)22)4-17(24)25/h1-3,5-6,8H,4,7H2,(H,24,25). The summed E-state index contributed by atoms with van der Waals surface area (Å²) in [6.07, 6.45) is -0.635. The molecule has 1 heterocycles. The molecule has 1 N–H and O–H groups in total. The number of ether oxygens (including phenoxy) is 1. The first-order chi connectivity index (χ1) is 12.8. The molecule has 0 fully saturated rings. The summed E-state index contributed by atoms with van der Waals surface area (Å²) in [5.74, 6) is -3.48. The van der Waals surface area contributed by atoms with Crippen LogP contribution >= 0.6 is 23.1 Å². The number of benzene rings is 2. The molecule has 4 nitrogen and oxygen atoms in total. The van der Waals surface area contributed by atoms with E-state index in [1.165, 1.54) is 17.5 Å². The zero-order chi connectivity index (χ0) is 19.6. The van der Waals surface area contributed by atoms with Gasteiger partial charge in [0.05, 0.1) is 12.0 Å². The Morgan fingerprint density at radius 1 is 1.07 bits per heavy atom. The van der Waals surface area contributed by atoms with Gasteiger partial charge in [0.1, 0.15) is 24.1 Å². The lowest BCUT2D eigenvalue weighted by Crippen LogP contribution is -2.04. The van der Waals surface area contributed by atoms with Crippen molar-refractivity contribution in [2.75, 3.05) is 0 Å². The first-order valence-electron chi connectivity index (χ1n) is 7.56. The number of aromatic nitrogens is 1. The molecule has 27 heavy (non-hydrogen) atoms. The van der Waals surface area contributed by atoms with Crippen molar-refractivity contribution in [2.24, 2.45) is 0 Å². The molecule has 0 aliphatic carbocycles. The van der Waals surface area contributed by atoms with Crippen molar-refractivity contribution in [3.8, 4) is 17.0 Å². The lowest BCUT2D eigenvalue weighted by Gasteiger charge is -2.09. The van der Waals surface area contributed by atoms with Crippen LogP contribution in [0.5, 0.6) is 5.88 Å². The zero-order valence-electron chi connectivity index (χ0n) is 13.5. The van der Waals surface area contributed by atoms with Crippen molar-refractivity contribution < 1.29 is 27.8 Å². The number of halogens is 4. The van der Waals surface area contributed by atoms with Crippen molar-refractivity contribution in [2.45, 2.75) is 13.0 Å². The molecular weight excluding hydrogens is 403 g/mol. The Kier molecular flexibility index (Phi) is 5.67. The van der Waals surface area contributed by atoms with Crippen LogP contribution < -0.4 is 4.74 Å². The molecule has 0 bridgehead atoms. The quantitative estimate of drug-likeness (QED) is 0.611. The van der Waals surface area contributed by atoms with Gasteiger partial charge < -0.3 is 9.84 Å². The summed E-state index contributed by atoms with van der Waals surface area (Å²) in [5.41, 5.74) is 0.0223. The third-order valence-corrected chi connectivity index (χ3v) is 4.53. The van der Waals surface area contributed by atoms with E-state index in [4.69, 9.17) is 21.4 Å². The Morgan fingerprint density at radius 2 is 1.81 bits per heavy atom. The van der Waals surface area contributed by atoms with E-state index in [9.17, 15) is 18.0 Å². The molecular formula is C18H11ClF3NO3S. The van der Waals surface area contributed by atoms with Crippen LogP contribution in [0.25, 0.3) is 11.1 Å². The van der Waals surface area contributed by atoms with Gasteiger partial charge in [-0.2, -0.15) is 4.37 Å². The van der Waals surface area contributed by atoms with Crippen molar-refractivity contribution in [1.82, 2.24) is 4.37 Å². The number of rotatable bonds is 6. The molecule has 1 aromatic heterocycles. The Hall–Kier alpha value is -2.58. The van der Waals surface area contributed by atoms with Crippen LogP contribution in [-0.2, 0) is 17.8 Å². The topological polar surface area (TPSA) is 59.4 Å². The maximum absolute atomic E-state index is 14.4. The van der Waals surface area contributed by atoms with Gasteiger partial charge in [-0.3, -0.25) is 4.79 Å². The normalized spacial score (nSPS) is 10.8. The highest BCUT2D eigenvalue weighted by atomic mass is 35.5. The highest BCUT2D eigenvalue weighted by Crippen LogP contribution is 2.34. The monoisotopic (exact) mass is 413 g/mol. The van der Waals surface area contributed by atoms with E-state index >= 15 is 0 Å². The van der Waals surface area contributed by atoms with Gasteiger partial charge in [-0.25, -0.2) is 13.2 Å². The lowest BCUT2D eigenvalue weighted by atomic mass is 10.0. The highest BCUT2D eigenvalue weighted by Gasteiger charge is 2.19. The van der Waals surface area contributed by atoms with Gasteiger partial charge in [0.15, 0.2) is 0 Å². The second-order valence-corrected chi connectivity index (χ2v) is 6.62. The maximum atomic E-state index is 14.4. The van der Waals surface area contributed by atoms with Gasteiger partial charge in [-0.05, 0) is 35.8 Å². The molecule has 2 aromatic carbocycles. The van der Waals surface area contributed by atoms with E-state index in [0.29, 0.717) is 0 Å². The van der Waals surface area contributed by atoms with E-state index in [-0.39, 0.29) is 39.8 Å². The molecule has 3 rings (SSSR count). The summed E-state index contributed by atoms with van der Waals surface area (Å²) in [6, 6.07) is 5.82. The summed E-state index contributed by atoms with van der Waals surface area (Å²) < 4.78 is 51.8. The number of carboxylic acid groups (broad SMARTS) is 1. The first kappa shape index (κ1) is 19.2. The van der Waals surface area contributed by atoms with Gasteiger partial charge in [0, 0.05) is 27.1 Å². The van der Waals surface area contributed by atoms with E-state index in [1.54, 1.807) is 0 Å². The minimum atomic E-state index is -1.27. The number of nitrogens with zero attached hydrogens (tertiary/aromatic N) is 1. The maximum Gasteiger partial charge on any atom is 0.307 e. The third-order valence-electron chi connectivity index (χ3n) is 3.68. The summed E-state index contributed by atoms with van der Waals surface area (Å²) in [4.78, 5) is 10.7. The fourth-order valence-corrected chi connectivity index (χ4v) is 3.18. The molecule has 0 unspecified atom stereocenters. The summed E-state index contributed by atoms with van der Waals surface area (Å²) in [6.45, 7) is -0.180. The minimum Gasteiger partial charge on any atom is -0.481 e. The van der Waals surface area contributed by atoms with Crippen LogP contribution in [0.15, 0.2) is 35.7 Å². The number of carbonyl (C=O) groups is 1. The molecule has 0 aliphatic rings. The van der Waals surface area contributed by atoms with Gasteiger partial charge in [-0.15, -0.1) is 0 Å². The Balaban J connectivity index is 1.86. The average molecular weight is 414 g/mol. The largest absolute Gasteiger partial charge is 0.481 e. The number of aliphatic carboxylic acids is 1. The zero-order valence-corrected chi connectivity index (χ0v) is 15.1. The average Bonchev–Trinajstić information content (AvgIpc) is 3.05. The summed E-state index contributed by atoms with van der Waals surface area (Å²) in [7, 11) is 0. The molecule has 0 aliphatic heterocycles. The lowest BCUT2D eigenvalue weighted by molar-refractivity contribution is -0.136. The number of hydrogen-bond donors (Lipinski definition) is 1. The van der Waals surface area contributed by atoms with Crippen molar-refractivity contribution in [1.29, 1.82) is 0 Å². The van der Waals surface area contributed by atoms with Gasteiger partial charge >= 0.3 is 5.97 Å². The van der Waals surface area contributed by atoms with Crippen molar-refractivity contribution in [3.63, 3.8) is 0 Å². The van der Waals surface area contributed by atoms with E-state index in [1.807, 2.05) is 0 Å². The Labute approximate surface area is 161 Å². The van der Waals surface area contributed by atoms with Gasteiger partial charge in [-0.1, -0.05) is 17.7 Å². The van der Waals surface area contributed by atoms with Gasteiger partial charge in [0.25, 0.3) is 0 Å². The van der Waals surface area contributed by atoms with Crippen LogP contribution in [0.3, 0.4) is 0 Å². The predicted molar refractivity (Wildman–Crippen MR) is 94.5 cm³/mol. The van der Waals surface area contributed by atoms with Crippen LogP contribution in [0.4, 0.5) is 13.2 Å². The molecule has 9 heteroatoms. The molecule has 0 spiro atoms. The molecule has 0 saturated heterocycles. The summed E-state index contributed by atoms with van der Waals surface area (Å²) in [5, 5.41) is 10.4. The van der Waals surface area contributed by atoms with Crippen LogP contribution in [0.1, 0.15) is 11.1 Å². The predicted octanol–water partition coefficient (Wildman–Crippen LogP) is 5.09. The SMILES string of the molecule is O=C(O)Cc1cc(F)c(-c2csnc2OCc2ccc(Cl)cc2F)cc1F. The second-order valence-electron chi connectivity index (χ2n) is 5.55. The van der Waals surface area contributed by atoms with Gasteiger partial charge in [0.2, 0.25) is 5.88 Å². The van der Waals surface area contributed by atoms with E-state index in [2.05, 4.69) is 4.37 Å². The molecule has 0 amide bonds. The van der Waals surface area contributed by atoms with Crippen LogP contribution in [-0.4, -0.2) is 15.4 Å². The summed E-state index contributed by atoms with van der Waals surface area (Å²) >= 11 is 6.65. The Bertz CT molecular complexity index is 1010. The Morgan fingerprint density at radius 3 is 2.52 bits per heavy atom. The van der Waals surface area contributed by atoms with Crippen molar-refractivity contribution in [3.05, 3.63) is 69.3 Å². The molecule has 140 valence electrons.